The number of aryl methyl sites for hydroxylation is 2. The molecular weight excluding hydrogens is 338 g/mol. The summed E-state index contributed by atoms with van der Waals surface area (Å²) in [6.45, 7) is 18.0. The zero-order valence-electron chi connectivity index (χ0n) is 18.1. The molecule has 0 aliphatic heterocycles. The van der Waals surface area contributed by atoms with Gasteiger partial charge in [0, 0.05) is 11.0 Å². The van der Waals surface area contributed by atoms with E-state index in [1.165, 1.54) is 39.0 Å². The number of hydrogen-bond donors (Lipinski definition) is 1. The maximum Gasteiger partial charge on any atom is 0.0411 e. The van der Waals surface area contributed by atoms with Gasteiger partial charge in [0.2, 0.25) is 0 Å². The van der Waals surface area contributed by atoms with E-state index < -0.39 is 0 Å². The van der Waals surface area contributed by atoms with Crippen LogP contribution in [0.2, 0.25) is 0 Å². The van der Waals surface area contributed by atoms with Gasteiger partial charge >= 0.3 is 0 Å². The van der Waals surface area contributed by atoms with Gasteiger partial charge in [-0.1, -0.05) is 75.0 Å². The summed E-state index contributed by atoms with van der Waals surface area (Å²) in [7, 11) is 0. The van der Waals surface area contributed by atoms with Crippen LogP contribution >= 0.6 is 0 Å². The van der Waals surface area contributed by atoms with Crippen molar-refractivity contribution in [3.8, 4) is 0 Å². The van der Waals surface area contributed by atoms with Crippen molar-refractivity contribution in [1.29, 1.82) is 0 Å². The number of hydrogen-bond acceptors (Lipinski definition) is 1. The molecular formula is C27H35N. The summed E-state index contributed by atoms with van der Waals surface area (Å²) >= 11 is 0. The number of rotatable bonds is 8. The Kier molecular flexibility index (Phi) is 5.68. The van der Waals surface area contributed by atoms with Crippen LogP contribution in [-0.2, 0) is 11.0 Å². The van der Waals surface area contributed by atoms with Crippen molar-refractivity contribution < 1.29 is 0 Å². The molecule has 2 aromatic carbocycles. The molecule has 0 amide bonds. The van der Waals surface area contributed by atoms with Crippen molar-refractivity contribution >= 4 is 5.57 Å². The average molecular weight is 374 g/mol. The molecule has 148 valence electrons. The fourth-order valence-electron chi connectivity index (χ4n) is 4.78. The Morgan fingerprint density at radius 3 is 2.04 bits per heavy atom. The molecule has 28 heavy (non-hydrogen) atoms. The molecule has 1 saturated carbocycles. The Labute approximate surface area is 171 Å². The zero-order chi connectivity index (χ0) is 20.5. The van der Waals surface area contributed by atoms with E-state index in [1.807, 2.05) is 0 Å². The monoisotopic (exact) mass is 373 g/mol. The molecule has 1 nitrogen and oxygen atoms in total. The first-order valence-corrected chi connectivity index (χ1v) is 10.6. The second kappa shape index (κ2) is 7.72. The first kappa shape index (κ1) is 20.6. The molecule has 2 aromatic rings. The quantitative estimate of drug-likeness (QED) is 0.497. The van der Waals surface area contributed by atoms with E-state index >= 15 is 0 Å². The van der Waals surface area contributed by atoms with Crippen molar-refractivity contribution in [2.75, 3.05) is 0 Å². The molecule has 0 radical (unpaired) electrons. The van der Waals surface area contributed by atoms with Crippen molar-refractivity contribution in [3.63, 3.8) is 0 Å². The van der Waals surface area contributed by atoms with E-state index in [1.54, 1.807) is 0 Å². The molecule has 3 rings (SSSR count). The molecule has 1 unspecified atom stereocenters. The zero-order valence-corrected chi connectivity index (χ0v) is 18.1. The molecule has 1 aliphatic rings. The van der Waals surface area contributed by atoms with Gasteiger partial charge in [-0.15, -0.1) is 0 Å². The van der Waals surface area contributed by atoms with Crippen molar-refractivity contribution in [2.24, 2.45) is 5.73 Å². The second-order valence-electron chi connectivity index (χ2n) is 8.67. The minimum Gasteiger partial charge on any atom is -0.321 e. The van der Waals surface area contributed by atoms with Crippen LogP contribution in [0.5, 0.6) is 0 Å². The molecule has 0 bridgehead atoms. The lowest BCUT2D eigenvalue weighted by molar-refractivity contribution is 0.480. The van der Waals surface area contributed by atoms with Gasteiger partial charge in [-0.25, -0.2) is 0 Å². The van der Waals surface area contributed by atoms with Crippen LogP contribution in [0, 0.1) is 13.8 Å². The van der Waals surface area contributed by atoms with E-state index in [2.05, 4.69) is 83.3 Å². The summed E-state index contributed by atoms with van der Waals surface area (Å²) < 4.78 is 0. The van der Waals surface area contributed by atoms with E-state index in [9.17, 15) is 0 Å². The molecule has 1 aliphatic carbocycles. The summed E-state index contributed by atoms with van der Waals surface area (Å²) in [6.07, 6.45) is 5.08. The number of allylic oxidation sites excluding steroid dienone is 2. The summed E-state index contributed by atoms with van der Waals surface area (Å²) in [4.78, 5) is 0. The van der Waals surface area contributed by atoms with E-state index in [4.69, 9.17) is 5.73 Å². The molecule has 0 heterocycles. The van der Waals surface area contributed by atoms with Gasteiger partial charge in [-0.3, -0.25) is 0 Å². The predicted octanol–water partition coefficient (Wildman–Crippen LogP) is 6.97. The third kappa shape index (κ3) is 3.61. The Balaban J connectivity index is 1.98. The lowest BCUT2D eigenvalue weighted by atomic mass is 9.65. The van der Waals surface area contributed by atoms with Gasteiger partial charge in [0.15, 0.2) is 0 Å². The molecule has 2 N–H and O–H groups in total. The molecule has 0 aromatic heterocycles. The van der Waals surface area contributed by atoms with Crippen LogP contribution < -0.4 is 5.73 Å². The SMILES string of the molecule is C=C(CC(CC)(C(=C)CC)c1c(C)cccc1C)c1ccc(C2(N)CC2)cc1. The van der Waals surface area contributed by atoms with E-state index in [-0.39, 0.29) is 11.0 Å². The highest BCUT2D eigenvalue weighted by atomic mass is 14.8. The fourth-order valence-corrected chi connectivity index (χ4v) is 4.78. The van der Waals surface area contributed by atoms with Gasteiger partial charge in [0.1, 0.15) is 0 Å². The standard InChI is InChI=1S/C27H35N/c1-7-22(6)26(8-2,25-19(3)10-9-11-20(25)4)18-21(5)23-12-14-24(15-13-23)27(28)16-17-27/h9-15H,5-8,16-18,28H2,1-4H3. The third-order valence-electron chi connectivity index (χ3n) is 6.84. The Hall–Kier alpha value is -2.12. The average Bonchev–Trinajstić information content (AvgIpc) is 3.45. The van der Waals surface area contributed by atoms with Gasteiger partial charge < -0.3 is 5.73 Å². The largest absolute Gasteiger partial charge is 0.321 e. The van der Waals surface area contributed by atoms with Crippen LogP contribution in [0.4, 0.5) is 0 Å². The summed E-state index contributed by atoms with van der Waals surface area (Å²) in [5.74, 6) is 0. The molecule has 0 spiro atoms. The number of nitrogens with two attached hydrogens (primary N) is 1. The molecule has 1 atom stereocenters. The van der Waals surface area contributed by atoms with Crippen molar-refractivity contribution in [2.45, 2.75) is 70.8 Å². The predicted molar refractivity (Wildman–Crippen MR) is 123 cm³/mol. The minimum atomic E-state index is -0.0815. The Morgan fingerprint density at radius 2 is 1.57 bits per heavy atom. The van der Waals surface area contributed by atoms with Crippen LogP contribution in [0.25, 0.3) is 5.57 Å². The lowest BCUT2D eigenvalue weighted by Gasteiger charge is -2.39. The Bertz CT molecular complexity index is 863. The van der Waals surface area contributed by atoms with Crippen LogP contribution in [0.1, 0.15) is 73.8 Å². The minimum absolute atomic E-state index is 0.0779. The van der Waals surface area contributed by atoms with Gasteiger partial charge in [0.05, 0.1) is 0 Å². The van der Waals surface area contributed by atoms with E-state index in [0.717, 1.165) is 32.1 Å². The molecule has 1 fully saturated rings. The Morgan fingerprint density at radius 1 is 1.00 bits per heavy atom. The lowest BCUT2D eigenvalue weighted by Crippen LogP contribution is -2.30. The highest BCUT2D eigenvalue weighted by Gasteiger charge is 2.40. The number of benzene rings is 2. The molecule has 1 heteroatoms. The van der Waals surface area contributed by atoms with Crippen LogP contribution in [0.15, 0.2) is 61.2 Å². The highest BCUT2D eigenvalue weighted by Crippen LogP contribution is 2.47. The van der Waals surface area contributed by atoms with Crippen LogP contribution in [-0.4, -0.2) is 0 Å². The maximum absolute atomic E-state index is 6.35. The third-order valence-corrected chi connectivity index (χ3v) is 6.84. The normalized spacial score (nSPS) is 17.0. The summed E-state index contributed by atoms with van der Waals surface area (Å²) in [5.41, 5.74) is 15.2. The van der Waals surface area contributed by atoms with Gasteiger partial charge in [-0.05, 0) is 79.3 Å². The van der Waals surface area contributed by atoms with Crippen LogP contribution in [0.3, 0.4) is 0 Å². The smallest absolute Gasteiger partial charge is 0.0411 e. The maximum atomic E-state index is 6.35. The molecule has 0 saturated heterocycles. The van der Waals surface area contributed by atoms with Crippen molar-refractivity contribution in [1.82, 2.24) is 0 Å². The first-order chi connectivity index (χ1) is 13.3. The van der Waals surface area contributed by atoms with Gasteiger partial charge in [-0.2, -0.15) is 0 Å². The topological polar surface area (TPSA) is 26.0 Å². The van der Waals surface area contributed by atoms with Crippen molar-refractivity contribution in [3.05, 3.63) is 89.0 Å². The highest BCUT2D eigenvalue weighted by molar-refractivity contribution is 5.67. The fraction of sp³-hybridized carbons (Fsp3) is 0.407. The summed E-state index contributed by atoms with van der Waals surface area (Å²) in [5, 5.41) is 0. The first-order valence-electron chi connectivity index (χ1n) is 10.6. The van der Waals surface area contributed by atoms with E-state index in [0.29, 0.717) is 0 Å². The second-order valence-corrected chi connectivity index (χ2v) is 8.67. The summed E-state index contributed by atoms with van der Waals surface area (Å²) in [6, 6.07) is 15.4. The van der Waals surface area contributed by atoms with Gasteiger partial charge in [0.25, 0.3) is 0 Å².